The Labute approximate surface area is 129 Å². The van der Waals surface area contributed by atoms with Gasteiger partial charge in [-0.25, -0.2) is 0 Å². The highest BCUT2D eigenvalue weighted by atomic mass is 79.9. The quantitative estimate of drug-likeness (QED) is 0.907. The third kappa shape index (κ3) is 3.41. The van der Waals surface area contributed by atoms with Crippen molar-refractivity contribution in [2.45, 2.75) is 6.54 Å². The van der Waals surface area contributed by atoms with Gasteiger partial charge in [-0.2, -0.15) is 0 Å². The van der Waals surface area contributed by atoms with Gasteiger partial charge in [0.15, 0.2) is 0 Å². The maximum atomic E-state index is 3.49. The third-order valence-electron chi connectivity index (χ3n) is 3.96. The van der Waals surface area contributed by atoms with Crippen LogP contribution in [-0.4, -0.2) is 26.2 Å². The summed E-state index contributed by atoms with van der Waals surface area (Å²) in [5, 5.41) is 0. The van der Waals surface area contributed by atoms with E-state index in [1.165, 1.54) is 24.3 Å². The molecule has 1 fully saturated rings. The Morgan fingerprint density at radius 2 is 1.55 bits per heavy atom. The topological polar surface area (TPSA) is 7.68 Å². The van der Waals surface area contributed by atoms with Crippen molar-refractivity contribution < 1.29 is 4.90 Å². The van der Waals surface area contributed by atoms with E-state index in [1.54, 1.807) is 4.90 Å². The van der Waals surface area contributed by atoms with Crippen molar-refractivity contribution in [3.05, 3.63) is 64.6 Å². The molecule has 3 heteroatoms. The van der Waals surface area contributed by atoms with Gasteiger partial charge in [0.1, 0.15) is 6.54 Å². The second-order valence-electron chi connectivity index (χ2n) is 5.38. The molecule has 1 saturated heterocycles. The van der Waals surface area contributed by atoms with Gasteiger partial charge in [0.2, 0.25) is 0 Å². The van der Waals surface area contributed by atoms with Gasteiger partial charge in [-0.3, -0.25) is 0 Å². The molecule has 3 rings (SSSR count). The average Bonchev–Trinajstić information content (AvgIpc) is 2.51. The van der Waals surface area contributed by atoms with Gasteiger partial charge in [-0.05, 0) is 24.3 Å². The predicted molar refractivity (Wildman–Crippen MR) is 87.2 cm³/mol. The van der Waals surface area contributed by atoms with Crippen LogP contribution in [0, 0.1) is 0 Å². The Kier molecular flexibility index (Phi) is 4.38. The summed E-state index contributed by atoms with van der Waals surface area (Å²) in [7, 11) is 0. The highest BCUT2D eigenvalue weighted by Gasteiger charge is 2.19. The van der Waals surface area contributed by atoms with Crippen molar-refractivity contribution in [3.63, 3.8) is 0 Å². The van der Waals surface area contributed by atoms with Crippen LogP contribution in [0.15, 0.2) is 59.1 Å². The zero-order valence-corrected chi connectivity index (χ0v) is 13.1. The maximum absolute atomic E-state index is 3.49. The number of halogens is 1. The molecule has 2 nitrogen and oxygen atoms in total. The number of benzene rings is 2. The summed E-state index contributed by atoms with van der Waals surface area (Å²) in [6.07, 6.45) is 0. The van der Waals surface area contributed by atoms with Gasteiger partial charge in [-0.1, -0.05) is 46.3 Å². The molecule has 0 atom stereocenters. The number of anilines is 1. The molecule has 1 aliphatic heterocycles. The average molecular weight is 332 g/mol. The molecule has 1 N–H and O–H groups in total. The van der Waals surface area contributed by atoms with Crippen molar-refractivity contribution in [1.82, 2.24) is 0 Å². The van der Waals surface area contributed by atoms with E-state index in [0.29, 0.717) is 0 Å². The number of hydrogen-bond donors (Lipinski definition) is 1. The molecule has 0 amide bonds. The normalized spacial score (nSPS) is 16.4. The lowest BCUT2D eigenvalue weighted by Crippen LogP contribution is -3.13. The SMILES string of the molecule is Brc1ccc(C[NH+]2CCN(c3ccccc3)CC2)cc1. The Bertz CT molecular complexity index is 531. The van der Waals surface area contributed by atoms with Crippen LogP contribution in [-0.2, 0) is 6.54 Å². The van der Waals surface area contributed by atoms with Crippen molar-refractivity contribution in [2.24, 2.45) is 0 Å². The standard InChI is InChI=1S/C17H19BrN2/c18-16-8-6-15(7-9-16)14-19-10-12-20(13-11-19)17-4-2-1-3-5-17/h1-9H,10-14H2/p+1. The molecular formula is C17H20BrN2+. The number of hydrogen-bond acceptors (Lipinski definition) is 1. The predicted octanol–water partition coefficient (Wildman–Crippen LogP) is 2.35. The maximum Gasteiger partial charge on any atom is 0.103 e. The summed E-state index contributed by atoms with van der Waals surface area (Å²) in [6.45, 7) is 5.86. The van der Waals surface area contributed by atoms with Crippen molar-refractivity contribution >= 4 is 21.6 Å². The smallest absolute Gasteiger partial charge is 0.103 e. The minimum absolute atomic E-state index is 1.13. The molecule has 0 aromatic heterocycles. The number of rotatable bonds is 3. The molecule has 1 aliphatic rings. The highest BCUT2D eigenvalue weighted by molar-refractivity contribution is 9.10. The van der Waals surface area contributed by atoms with Gasteiger partial charge in [-0.15, -0.1) is 0 Å². The summed E-state index contributed by atoms with van der Waals surface area (Å²) < 4.78 is 1.16. The molecule has 0 bridgehead atoms. The Morgan fingerprint density at radius 1 is 0.900 bits per heavy atom. The van der Waals surface area contributed by atoms with E-state index in [1.807, 2.05) is 0 Å². The van der Waals surface area contributed by atoms with Crippen molar-refractivity contribution in [1.29, 1.82) is 0 Å². The van der Waals surface area contributed by atoms with E-state index in [4.69, 9.17) is 0 Å². The fourth-order valence-electron chi connectivity index (χ4n) is 2.79. The summed E-state index contributed by atoms with van der Waals surface area (Å²) in [5.74, 6) is 0. The molecule has 0 unspecified atom stereocenters. The number of quaternary nitrogens is 1. The highest BCUT2D eigenvalue weighted by Crippen LogP contribution is 2.13. The van der Waals surface area contributed by atoms with E-state index < -0.39 is 0 Å². The van der Waals surface area contributed by atoms with Crippen LogP contribution in [0.5, 0.6) is 0 Å². The number of nitrogens with zero attached hydrogens (tertiary/aromatic N) is 1. The van der Waals surface area contributed by atoms with E-state index in [0.717, 1.165) is 24.1 Å². The molecule has 20 heavy (non-hydrogen) atoms. The Balaban J connectivity index is 1.55. The third-order valence-corrected chi connectivity index (χ3v) is 4.49. The lowest BCUT2D eigenvalue weighted by atomic mass is 10.2. The van der Waals surface area contributed by atoms with Crippen molar-refractivity contribution in [3.8, 4) is 0 Å². The zero-order chi connectivity index (χ0) is 13.8. The van der Waals surface area contributed by atoms with Crippen LogP contribution in [0.3, 0.4) is 0 Å². The fourth-order valence-corrected chi connectivity index (χ4v) is 3.05. The number of nitrogens with one attached hydrogen (secondary N) is 1. The van der Waals surface area contributed by atoms with Crippen LogP contribution in [0.4, 0.5) is 5.69 Å². The zero-order valence-electron chi connectivity index (χ0n) is 11.6. The van der Waals surface area contributed by atoms with E-state index in [2.05, 4.69) is 75.4 Å². The Morgan fingerprint density at radius 3 is 2.20 bits per heavy atom. The van der Waals surface area contributed by atoms with Crippen LogP contribution in [0.2, 0.25) is 0 Å². The van der Waals surface area contributed by atoms with E-state index >= 15 is 0 Å². The first kappa shape index (κ1) is 13.7. The summed E-state index contributed by atoms with van der Waals surface area (Å²) >= 11 is 3.49. The second kappa shape index (κ2) is 6.42. The van der Waals surface area contributed by atoms with Crippen LogP contribution < -0.4 is 9.80 Å². The lowest BCUT2D eigenvalue weighted by molar-refractivity contribution is -0.914. The van der Waals surface area contributed by atoms with Gasteiger partial charge in [0.05, 0.1) is 26.2 Å². The van der Waals surface area contributed by atoms with Gasteiger partial charge in [0, 0.05) is 15.7 Å². The summed E-state index contributed by atoms with van der Waals surface area (Å²) in [5.41, 5.74) is 2.78. The molecule has 0 spiro atoms. The molecule has 1 heterocycles. The van der Waals surface area contributed by atoms with Gasteiger partial charge < -0.3 is 9.80 Å². The summed E-state index contributed by atoms with van der Waals surface area (Å²) in [6, 6.07) is 19.5. The molecule has 2 aromatic carbocycles. The monoisotopic (exact) mass is 331 g/mol. The van der Waals surface area contributed by atoms with Crippen LogP contribution in [0.1, 0.15) is 5.56 Å². The van der Waals surface area contributed by atoms with E-state index in [-0.39, 0.29) is 0 Å². The largest absolute Gasteiger partial charge is 0.360 e. The van der Waals surface area contributed by atoms with Crippen LogP contribution >= 0.6 is 15.9 Å². The molecule has 0 saturated carbocycles. The van der Waals surface area contributed by atoms with Crippen molar-refractivity contribution in [2.75, 3.05) is 31.1 Å². The van der Waals surface area contributed by atoms with Gasteiger partial charge >= 0.3 is 0 Å². The molecular weight excluding hydrogens is 312 g/mol. The number of para-hydroxylation sites is 1. The first-order valence-corrected chi connectivity index (χ1v) is 7.98. The number of piperazine rings is 1. The Hall–Kier alpha value is -1.32. The minimum Gasteiger partial charge on any atom is -0.360 e. The summed E-state index contributed by atoms with van der Waals surface area (Å²) in [4.78, 5) is 4.17. The lowest BCUT2D eigenvalue weighted by Gasteiger charge is -2.33. The second-order valence-corrected chi connectivity index (χ2v) is 6.29. The molecule has 2 aromatic rings. The van der Waals surface area contributed by atoms with E-state index in [9.17, 15) is 0 Å². The first-order valence-electron chi connectivity index (χ1n) is 7.19. The van der Waals surface area contributed by atoms with Gasteiger partial charge in [0.25, 0.3) is 0 Å². The minimum atomic E-state index is 1.13. The molecule has 0 aliphatic carbocycles. The molecule has 0 radical (unpaired) electrons. The van der Waals surface area contributed by atoms with Crippen LogP contribution in [0.25, 0.3) is 0 Å². The molecule has 104 valence electrons. The first-order chi connectivity index (χ1) is 9.81. The fraction of sp³-hybridized carbons (Fsp3) is 0.294.